The number of ether oxygens (including phenoxy) is 1. The molecule has 0 aromatic rings. The van der Waals surface area contributed by atoms with E-state index in [0.717, 1.165) is 19.4 Å². The Bertz CT molecular complexity index is 256. The minimum Gasteiger partial charge on any atom is -0.444 e. The second kappa shape index (κ2) is 4.62. The summed E-state index contributed by atoms with van der Waals surface area (Å²) in [6, 6.07) is 0.214. The van der Waals surface area contributed by atoms with Crippen LogP contribution < -0.4 is 10.6 Å². The maximum atomic E-state index is 11.6. The summed E-state index contributed by atoms with van der Waals surface area (Å²) in [5, 5.41) is 6.35. The van der Waals surface area contributed by atoms with Gasteiger partial charge < -0.3 is 15.4 Å². The van der Waals surface area contributed by atoms with Gasteiger partial charge >= 0.3 is 6.09 Å². The topological polar surface area (TPSA) is 50.4 Å². The van der Waals surface area contributed by atoms with Crippen LogP contribution >= 0.6 is 0 Å². The van der Waals surface area contributed by atoms with Crippen LogP contribution in [0.1, 0.15) is 47.5 Å². The van der Waals surface area contributed by atoms with Gasteiger partial charge in [0.1, 0.15) is 5.60 Å². The number of alkyl carbamates (subject to hydrolysis) is 1. The Balaban J connectivity index is 2.40. The second-order valence-corrected chi connectivity index (χ2v) is 6.15. The first-order valence-electron chi connectivity index (χ1n) is 5.92. The maximum absolute atomic E-state index is 11.6. The van der Waals surface area contributed by atoms with Gasteiger partial charge in [-0.05, 0) is 54.0 Å². The average molecular weight is 228 g/mol. The third-order valence-electron chi connectivity index (χ3n) is 2.57. The fourth-order valence-corrected chi connectivity index (χ4v) is 1.97. The quantitative estimate of drug-likeness (QED) is 0.722. The summed E-state index contributed by atoms with van der Waals surface area (Å²) in [5.41, 5.74) is -0.329. The molecule has 1 rings (SSSR count). The number of hydrogen-bond acceptors (Lipinski definition) is 3. The number of carbonyl (C=O) groups excluding carboxylic acids is 1. The molecule has 16 heavy (non-hydrogen) atoms. The molecule has 0 saturated carbocycles. The third kappa shape index (κ3) is 4.84. The first-order chi connectivity index (χ1) is 7.18. The summed E-state index contributed by atoms with van der Waals surface area (Å²) in [5.74, 6) is 0. The molecule has 0 aliphatic carbocycles. The van der Waals surface area contributed by atoms with Crippen LogP contribution in [0.15, 0.2) is 0 Å². The lowest BCUT2D eigenvalue weighted by atomic mass is 9.89. The largest absolute Gasteiger partial charge is 0.444 e. The second-order valence-electron chi connectivity index (χ2n) is 6.15. The zero-order valence-corrected chi connectivity index (χ0v) is 11.0. The molecule has 0 aromatic carbocycles. The number of amides is 1. The summed E-state index contributed by atoms with van der Waals surface area (Å²) < 4.78 is 5.24. The summed E-state index contributed by atoms with van der Waals surface area (Å²) in [6.07, 6.45) is 1.59. The van der Waals surface area contributed by atoms with Gasteiger partial charge in [0.25, 0.3) is 0 Å². The van der Waals surface area contributed by atoms with Crippen LogP contribution in [0.4, 0.5) is 4.79 Å². The first-order valence-corrected chi connectivity index (χ1v) is 5.92. The predicted molar refractivity (Wildman–Crippen MR) is 64.5 cm³/mol. The number of carbonyl (C=O) groups is 1. The van der Waals surface area contributed by atoms with Gasteiger partial charge in [0.05, 0.1) is 0 Å². The Hall–Kier alpha value is -0.770. The van der Waals surface area contributed by atoms with E-state index in [9.17, 15) is 4.79 Å². The van der Waals surface area contributed by atoms with Crippen LogP contribution in [0.5, 0.6) is 0 Å². The van der Waals surface area contributed by atoms with Crippen molar-refractivity contribution in [2.24, 2.45) is 0 Å². The van der Waals surface area contributed by atoms with E-state index in [1.807, 2.05) is 20.8 Å². The van der Waals surface area contributed by atoms with Crippen molar-refractivity contribution in [3.63, 3.8) is 0 Å². The van der Waals surface area contributed by atoms with Gasteiger partial charge in [0.15, 0.2) is 0 Å². The molecule has 1 atom stereocenters. The van der Waals surface area contributed by atoms with Crippen LogP contribution in [0.3, 0.4) is 0 Å². The Morgan fingerprint density at radius 2 is 2.06 bits per heavy atom. The molecule has 1 heterocycles. The molecule has 0 spiro atoms. The zero-order valence-electron chi connectivity index (χ0n) is 11.0. The van der Waals surface area contributed by atoms with Crippen molar-refractivity contribution < 1.29 is 9.53 Å². The van der Waals surface area contributed by atoms with Gasteiger partial charge in [0, 0.05) is 11.6 Å². The molecule has 2 N–H and O–H groups in total. The third-order valence-corrected chi connectivity index (χ3v) is 2.57. The van der Waals surface area contributed by atoms with Crippen molar-refractivity contribution in [2.75, 3.05) is 6.54 Å². The van der Waals surface area contributed by atoms with Crippen molar-refractivity contribution in [1.29, 1.82) is 0 Å². The molecule has 94 valence electrons. The Morgan fingerprint density at radius 1 is 1.44 bits per heavy atom. The van der Waals surface area contributed by atoms with Crippen molar-refractivity contribution in [3.05, 3.63) is 0 Å². The number of nitrogens with one attached hydrogen (secondary N) is 2. The highest BCUT2D eigenvalue weighted by molar-refractivity contribution is 5.68. The van der Waals surface area contributed by atoms with Crippen LogP contribution in [-0.4, -0.2) is 29.8 Å². The highest BCUT2D eigenvalue weighted by Gasteiger charge is 2.29. The van der Waals surface area contributed by atoms with Crippen LogP contribution in [0.25, 0.3) is 0 Å². The Kier molecular flexibility index (Phi) is 3.84. The van der Waals surface area contributed by atoms with E-state index >= 15 is 0 Å². The summed E-state index contributed by atoms with van der Waals surface area (Å²) in [7, 11) is 0. The van der Waals surface area contributed by atoms with E-state index < -0.39 is 5.60 Å². The molecule has 1 saturated heterocycles. The molecular formula is C12H24N2O2. The van der Waals surface area contributed by atoms with E-state index in [0.29, 0.717) is 0 Å². The van der Waals surface area contributed by atoms with E-state index in [1.54, 1.807) is 0 Å². The van der Waals surface area contributed by atoms with E-state index in [1.165, 1.54) is 0 Å². The minimum absolute atomic E-state index is 0.0952. The summed E-state index contributed by atoms with van der Waals surface area (Å²) >= 11 is 0. The van der Waals surface area contributed by atoms with E-state index in [2.05, 4.69) is 24.5 Å². The van der Waals surface area contributed by atoms with Gasteiger partial charge in [-0.15, -0.1) is 0 Å². The SMILES string of the molecule is CC1(C)CC(NC(=O)OC(C)(C)C)CCN1. The van der Waals surface area contributed by atoms with Crippen molar-refractivity contribution in [3.8, 4) is 0 Å². The zero-order chi connectivity index (χ0) is 12.4. The molecule has 1 fully saturated rings. The molecule has 4 nitrogen and oxygen atoms in total. The maximum Gasteiger partial charge on any atom is 0.407 e. The van der Waals surface area contributed by atoms with Gasteiger partial charge in [0.2, 0.25) is 0 Å². The molecule has 1 unspecified atom stereocenters. The smallest absolute Gasteiger partial charge is 0.407 e. The van der Waals surface area contributed by atoms with Gasteiger partial charge in [-0.3, -0.25) is 0 Å². The standard InChI is InChI=1S/C12H24N2O2/c1-11(2,3)16-10(15)14-9-6-7-13-12(4,5)8-9/h9,13H,6-8H2,1-5H3,(H,14,15). The molecule has 1 aliphatic heterocycles. The van der Waals surface area contributed by atoms with Gasteiger partial charge in [-0.25, -0.2) is 4.79 Å². The highest BCUT2D eigenvalue weighted by atomic mass is 16.6. The molecule has 0 aromatic heterocycles. The highest BCUT2D eigenvalue weighted by Crippen LogP contribution is 2.18. The first kappa shape index (κ1) is 13.3. The van der Waals surface area contributed by atoms with Crippen LogP contribution in [0.2, 0.25) is 0 Å². The number of hydrogen-bond donors (Lipinski definition) is 2. The molecule has 0 radical (unpaired) electrons. The fraction of sp³-hybridized carbons (Fsp3) is 0.917. The predicted octanol–water partition coefficient (Wildman–Crippen LogP) is 2.04. The van der Waals surface area contributed by atoms with Crippen LogP contribution in [0, 0.1) is 0 Å². The van der Waals surface area contributed by atoms with Crippen molar-refractivity contribution in [1.82, 2.24) is 10.6 Å². The Labute approximate surface area is 98.1 Å². The monoisotopic (exact) mass is 228 g/mol. The lowest BCUT2D eigenvalue weighted by Gasteiger charge is -2.37. The molecular weight excluding hydrogens is 204 g/mol. The summed E-state index contributed by atoms with van der Waals surface area (Å²) in [6.45, 7) is 10.9. The lowest BCUT2D eigenvalue weighted by Crippen LogP contribution is -2.53. The normalized spacial score (nSPS) is 24.9. The van der Waals surface area contributed by atoms with Crippen molar-refractivity contribution >= 4 is 6.09 Å². The molecule has 4 heteroatoms. The Morgan fingerprint density at radius 3 is 2.56 bits per heavy atom. The van der Waals surface area contributed by atoms with E-state index in [-0.39, 0.29) is 17.7 Å². The molecule has 1 amide bonds. The molecule has 0 bridgehead atoms. The van der Waals surface area contributed by atoms with Crippen molar-refractivity contribution in [2.45, 2.75) is 64.6 Å². The van der Waals surface area contributed by atoms with Crippen LogP contribution in [-0.2, 0) is 4.74 Å². The fourth-order valence-electron chi connectivity index (χ4n) is 1.97. The lowest BCUT2D eigenvalue weighted by molar-refractivity contribution is 0.0482. The average Bonchev–Trinajstić information content (AvgIpc) is 1.96. The minimum atomic E-state index is -0.424. The van der Waals surface area contributed by atoms with Gasteiger partial charge in [-0.1, -0.05) is 0 Å². The summed E-state index contributed by atoms with van der Waals surface area (Å²) in [4.78, 5) is 11.6. The molecule has 1 aliphatic rings. The van der Waals surface area contributed by atoms with E-state index in [4.69, 9.17) is 4.74 Å². The van der Waals surface area contributed by atoms with Gasteiger partial charge in [-0.2, -0.15) is 0 Å². The number of rotatable bonds is 1. The number of piperidine rings is 1.